The molecule has 2 aromatic heterocycles. The number of carbonyl (C=O) groups is 2. The first kappa shape index (κ1) is 22.8. The third-order valence-electron chi connectivity index (χ3n) is 5.99. The van der Waals surface area contributed by atoms with Crippen LogP contribution in [0.5, 0.6) is 0 Å². The minimum Gasteiger partial charge on any atom is -0.362 e. The molecule has 0 fully saturated rings. The molecule has 1 atom stereocenters. The van der Waals surface area contributed by atoms with Gasteiger partial charge in [-0.1, -0.05) is 13.8 Å². The maximum Gasteiger partial charge on any atom is 0.255 e. The minimum absolute atomic E-state index is 0.105. The van der Waals surface area contributed by atoms with Gasteiger partial charge in [0.15, 0.2) is 5.78 Å². The number of Topliss-reactive ketones (excluding diaryl/α,β-unsaturated/α-hetero) is 1. The molecule has 0 saturated carbocycles. The third-order valence-corrected chi connectivity index (χ3v) is 8.20. The van der Waals surface area contributed by atoms with Crippen molar-refractivity contribution < 1.29 is 9.59 Å². The second-order valence-corrected chi connectivity index (χ2v) is 11.7. The van der Waals surface area contributed by atoms with Crippen molar-refractivity contribution in [3.05, 3.63) is 62.9 Å². The molecule has 2 N–H and O–H groups in total. The second kappa shape index (κ2) is 8.52. The van der Waals surface area contributed by atoms with Gasteiger partial charge in [0.2, 0.25) is 0 Å². The van der Waals surface area contributed by atoms with Crippen molar-refractivity contribution in [2.45, 2.75) is 57.6 Å². The fraction of sp³-hybridized carbons (Fsp3) is 0.400. The van der Waals surface area contributed by atoms with Crippen LogP contribution in [0.3, 0.4) is 0 Å². The molecule has 0 bridgehead atoms. The van der Waals surface area contributed by atoms with Crippen molar-refractivity contribution in [1.82, 2.24) is 10.3 Å². The van der Waals surface area contributed by atoms with Crippen LogP contribution in [0.1, 0.15) is 55.5 Å². The maximum absolute atomic E-state index is 13.6. The number of nitrogens with zero attached hydrogens (tertiary/aromatic N) is 1. The fourth-order valence-corrected chi connectivity index (χ4v) is 6.62. The number of hydrogen-bond acceptors (Lipinski definition) is 6. The van der Waals surface area contributed by atoms with Crippen molar-refractivity contribution >= 4 is 40.6 Å². The number of aryl methyl sites for hydroxylation is 2. The van der Waals surface area contributed by atoms with E-state index >= 15 is 0 Å². The Labute approximate surface area is 197 Å². The van der Waals surface area contributed by atoms with Crippen LogP contribution in [-0.4, -0.2) is 22.9 Å². The number of pyridine rings is 1. The zero-order valence-electron chi connectivity index (χ0n) is 19.4. The number of thioether (sulfide) groups is 1. The van der Waals surface area contributed by atoms with Crippen molar-refractivity contribution in [2.75, 3.05) is 11.6 Å². The molecule has 1 unspecified atom stereocenters. The van der Waals surface area contributed by atoms with Crippen LogP contribution >= 0.6 is 23.1 Å². The molecule has 2 aliphatic rings. The Morgan fingerprint density at radius 1 is 1.25 bits per heavy atom. The smallest absolute Gasteiger partial charge is 0.255 e. The summed E-state index contributed by atoms with van der Waals surface area (Å²) < 4.78 is 1.14. The van der Waals surface area contributed by atoms with Crippen LogP contribution in [0.25, 0.3) is 0 Å². The van der Waals surface area contributed by atoms with Crippen LogP contribution in [0, 0.1) is 19.3 Å². The second-order valence-electron chi connectivity index (χ2n) is 9.41. The topological polar surface area (TPSA) is 71.1 Å². The van der Waals surface area contributed by atoms with Gasteiger partial charge in [0.1, 0.15) is 5.82 Å². The predicted molar refractivity (Wildman–Crippen MR) is 132 cm³/mol. The molecule has 1 aliphatic carbocycles. The highest BCUT2D eigenvalue weighted by Gasteiger charge is 2.43. The molecule has 0 aromatic carbocycles. The predicted octanol–water partition coefficient (Wildman–Crippen LogP) is 5.72. The monoisotopic (exact) mass is 467 g/mol. The molecule has 5 nitrogen and oxygen atoms in total. The van der Waals surface area contributed by atoms with Crippen LogP contribution < -0.4 is 10.6 Å². The Kier molecular flexibility index (Phi) is 6.07. The number of anilines is 1. The summed E-state index contributed by atoms with van der Waals surface area (Å²) in [5, 5.41) is 6.40. The number of thiophene rings is 1. The Balaban J connectivity index is 1.84. The number of rotatable bonds is 4. The molecule has 1 aliphatic heterocycles. The number of allylic oxidation sites excluding steroid dienone is 3. The van der Waals surface area contributed by atoms with Gasteiger partial charge in [-0.3, -0.25) is 9.59 Å². The van der Waals surface area contributed by atoms with E-state index in [4.69, 9.17) is 0 Å². The quantitative estimate of drug-likeness (QED) is 0.563. The molecule has 0 radical (unpaired) electrons. The summed E-state index contributed by atoms with van der Waals surface area (Å²) >= 11 is 3.38. The Morgan fingerprint density at radius 2 is 2.00 bits per heavy atom. The SMILES string of the molecule is CSc1sc(C)cc1C1C(C(=O)Nc2cc(C)ccn2)=C(C)NC2=C1C(=O)CC(C)(C)C2. The van der Waals surface area contributed by atoms with Gasteiger partial charge in [-0.15, -0.1) is 23.1 Å². The highest BCUT2D eigenvalue weighted by Crippen LogP contribution is 2.49. The number of aromatic nitrogens is 1. The number of ketones is 1. The normalized spacial score (nSPS) is 20.2. The van der Waals surface area contributed by atoms with Gasteiger partial charge in [0.25, 0.3) is 5.91 Å². The van der Waals surface area contributed by atoms with Gasteiger partial charge in [0.05, 0.1) is 4.21 Å². The van der Waals surface area contributed by atoms with Crippen molar-refractivity contribution in [2.24, 2.45) is 5.41 Å². The average molecular weight is 468 g/mol. The number of carbonyl (C=O) groups excluding carboxylic acids is 2. The van der Waals surface area contributed by atoms with E-state index in [0.717, 1.165) is 38.7 Å². The molecule has 0 saturated heterocycles. The summed E-state index contributed by atoms with van der Waals surface area (Å²) in [5.41, 5.74) is 5.04. The van der Waals surface area contributed by atoms with Crippen molar-refractivity contribution in [1.29, 1.82) is 0 Å². The molecule has 7 heteroatoms. The van der Waals surface area contributed by atoms with Crippen LogP contribution in [0.15, 0.2) is 51.1 Å². The van der Waals surface area contributed by atoms with E-state index in [9.17, 15) is 9.59 Å². The first-order valence-corrected chi connectivity index (χ1v) is 12.8. The molecule has 1 amide bonds. The lowest BCUT2D eigenvalue weighted by Gasteiger charge is -2.39. The molecule has 168 valence electrons. The highest BCUT2D eigenvalue weighted by molar-refractivity contribution is 8.00. The van der Waals surface area contributed by atoms with Gasteiger partial charge < -0.3 is 10.6 Å². The van der Waals surface area contributed by atoms with Crippen molar-refractivity contribution in [3.63, 3.8) is 0 Å². The summed E-state index contributed by atoms with van der Waals surface area (Å²) in [4.78, 5) is 32.5. The van der Waals surface area contributed by atoms with E-state index < -0.39 is 0 Å². The van der Waals surface area contributed by atoms with Crippen LogP contribution in [0.2, 0.25) is 0 Å². The van der Waals surface area contributed by atoms with E-state index in [0.29, 0.717) is 17.8 Å². The first-order chi connectivity index (χ1) is 15.1. The molecule has 32 heavy (non-hydrogen) atoms. The fourth-order valence-electron chi connectivity index (χ4n) is 4.71. The van der Waals surface area contributed by atoms with Gasteiger partial charge in [0, 0.05) is 46.0 Å². The van der Waals surface area contributed by atoms with Gasteiger partial charge >= 0.3 is 0 Å². The van der Waals surface area contributed by atoms with E-state index in [1.54, 1.807) is 29.3 Å². The van der Waals surface area contributed by atoms with Gasteiger partial charge in [-0.25, -0.2) is 4.98 Å². The number of amides is 1. The highest BCUT2D eigenvalue weighted by atomic mass is 32.2. The lowest BCUT2D eigenvalue weighted by molar-refractivity contribution is -0.118. The van der Waals surface area contributed by atoms with Crippen LogP contribution in [0.4, 0.5) is 5.82 Å². The molecule has 2 aromatic rings. The van der Waals surface area contributed by atoms with Crippen LogP contribution in [-0.2, 0) is 9.59 Å². The summed E-state index contributed by atoms with van der Waals surface area (Å²) in [6.45, 7) is 10.2. The lowest BCUT2D eigenvalue weighted by atomic mass is 9.69. The average Bonchev–Trinajstić information content (AvgIpc) is 3.06. The Morgan fingerprint density at radius 3 is 2.69 bits per heavy atom. The molecular weight excluding hydrogens is 438 g/mol. The third kappa shape index (κ3) is 4.28. The number of dihydropyridines is 1. The lowest BCUT2D eigenvalue weighted by Crippen LogP contribution is -2.39. The Hall–Kier alpha value is -2.38. The first-order valence-electron chi connectivity index (χ1n) is 10.7. The summed E-state index contributed by atoms with van der Waals surface area (Å²) in [7, 11) is 0. The summed E-state index contributed by atoms with van der Waals surface area (Å²) in [5.74, 6) is 0.0258. The number of nitrogens with one attached hydrogen (secondary N) is 2. The van der Waals surface area contributed by atoms with Crippen molar-refractivity contribution in [3.8, 4) is 0 Å². The molecular formula is C25H29N3O2S2. The maximum atomic E-state index is 13.6. The zero-order chi connectivity index (χ0) is 23.2. The van der Waals surface area contributed by atoms with E-state index in [-0.39, 0.29) is 23.0 Å². The largest absolute Gasteiger partial charge is 0.362 e. The molecule has 0 spiro atoms. The summed E-state index contributed by atoms with van der Waals surface area (Å²) in [6.07, 6.45) is 5.00. The molecule has 4 rings (SSSR count). The number of hydrogen-bond donors (Lipinski definition) is 2. The minimum atomic E-state index is -0.382. The standard InChI is InChI=1S/C25H29N3O2S2/c1-13-7-8-26-19(9-13)28-23(30)20-15(3)27-17-11-25(4,5)12-18(29)22(17)21(20)16-10-14(2)32-24(16)31-6/h7-10,21,27H,11-12H2,1-6H3,(H,26,28,30). The zero-order valence-corrected chi connectivity index (χ0v) is 21.0. The van der Waals surface area contributed by atoms with E-state index in [1.807, 2.05) is 32.2 Å². The molecule has 3 heterocycles. The van der Waals surface area contributed by atoms with E-state index in [1.165, 1.54) is 4.88 Å². The Bertz CT molecular complexity index is 1170. The summed E-state index contributed by atoms with van der Waals surface area (Å²) in [6, 6.07) is 5.87. The van der Waals surface area contributed by atoms with Gasteiger partial charge in [-0.05, 0) is 68.2 Å². The van der Waals surface area contributed by atoms with E-state index in [2.05, 4.69) is 42.5 Å². The van der Waals surface area contributed by atoms with Gasteiger partial charge in [-0.2, -0.15) is 0 Å².